The molecule has 6 rings (SSSR count). The Labute approximate surface area is 187 Å². The van der Waals surface area contributed by atoms with Crippen LogP contribution in [0.3, 0.4) is 0 Å². The van der Waals surface area contributed by atoms with Crippen LogP contribution in [0.4, 0.5) is 0 Å². The summed E-state index contributed by atoms with van der Waals surface area (Å²) in [5, 5.41) is 3.89. The topological polar surface area (TPSA) is 30.5 Å². The third kappa shape index (κ3) is 4.35. The zero-order valence-corrected chi connectivity index (χ0v) is 19.3. The van der Waals surface area contributed by atoms with Gasteiger partial charge in [0, 0.05) is 12.6 Å². The van der Waals surface area contributed by atoms with E-state index in [1.807, 2.05) is 0 Å². The first-order valence-corrected chi connectivity index (χ1v) is 12.1. The lowest BCUT2D eigenvalue weighted by Crippen LogP contribution is -2.54. The summed E-state index contributed by atoms with van der Waals surface area (Å²) in [6.45, 7) is 5.98. The average Bonchev–Trinajstić information content (AvgIpc) is 2.75. The zero-order valence-electron chi connectivity index (χ0n) is 19.3. The van der Waals surface area contributed by atoms with Crippen molar-refractivity contribution >= 4 is 0 Å². The second-order valence-corrected chi connectivity index (χ2v) is 10.6. The highest BCUT2D eigenvalue weighted by Crippen LogP contribution is 2.61. The molecule has 0 amide bonds. The molecule has 0 spiro atoms. The molecule has 31 heavy (non-hydrogen) atoms. The van der Waals surface area contributed by atoms with Crippen molar-refractivity contribution in [1.29, 1.82) is 0 Å². The van der Waals surface area contributed by atoms with E-state index in [-0.39, 0.29) is 0 Å². The number of aryl methyl sites for hydroxylation is 1. The van der Waals surface area contributed by atoms with Gasteiger partial charge in [0.15, 0.2) is 11.5 Å². The fourth-order valence-corrected chi connectivity index (χ4v) is 7.10. The molecule has 1 atom stereocenters. The molecule has 2 aromatic rings. The highest BCUT2D eigenvalue weighted by molar-refractivity contribution is 5.43. The number of rotatable bonds is 8. The molecule has 4 bridgehead atoms. The van der Waals surface area contributed by atoms with Crippen molar-refractivity contribution in [2.24, 2.45) is 23.2 Å². The first kappa shape index (κ1) is 20.9. The van der Waals surface area contributed by atoms with E-state index in [0.717, 1.165) is 35.8 Å². The van der Waals surface area contributed by atoms with Crippen molar-refractivity contribution in [3.63, 3.8) is 0 Å². The van der Waals surface area contributed by atoms with Gasteiger partial charge < -0.3 is 14.8 Å². The van der Waals surface area contributed by atoms with Gasteiger partial charge in [-0.3, -0.25) is 0 Å². The van der Waals surface area contributed by atoms with Crippen LogP contribution < -0.4 is 14.8 Å². The highest BCUT2D eigenvalue weighted by atomic mass is 16.5. The maximum atomic E-state index is 6.07. The highest BCUT2D eigenvalue weighted by Gasteiger charge is 2.52. The second-order valence-electron chi connectivity index (χ2n) is 10.6. The Morgan fingerprint density at radius 1 is 0.935 bits per heavy atom. The molecular formula is C28H37NO2. The lowest BCUT2D eigenvalue weighted by Gasteiger charge is -2.59. The molecule has 0 aromatic heterocycles. The lowest BCUT2D eigenvalue weighted by molar-refractivity contribution is -0.0706. The summed E-state index contributed by atoms with van der Waals surface area (Å²) in [5.41, 5.74) is 4.23. The predicted octanol–water partition coefficient (Wildman–Crippen LogP) is 6.28. The molecule has 4 aliphatic carbocycles. The van der Waals surface area contributed by atoms with Crippen molar-refractivity contribution in [3.05, 3.63) is 59.2 Å². The van der Waals surface area contributed by atoms with Gasteiger partial charge in [-0.1, -0.05) is 35.9 Å². The van der Waals surface area contributed by atoms with Crippen molar-refractivity contribution in [2.45, 2.75) is 71.6 Å². The van der Waals surface area contributed by atoms with Gasteiger partial charge in [0.05, 0.1) is 7.11 Å². The Bertz CT molecular complexity index is 886. The number of hydrogen-bond acceptors (Lipinski definition) is 3. The Morgan fingerprint density at radius 2 is 1.65 bits per heavy atom. The van der Waals surface area contributed by atoms with Gasteiger partial charge in [-0.25, -0.2) is 0 Å². The van der Waals surface area contributed by atoms with Crippen molar-refractivity contribution in [1.82, 2.24) is 5.32 Å². The van der Waals surface area contributed by atoms with Gasteiger partial charge in [-0.05, 0) is 98.8 Å². The monoisotopic (exact) mass is 419 g/mol. The average molecular weight is 420 g/mol. The molecule has 4 saturated carbocycles. The van der Waals surface area contributed by atoms with Crippen LogP contribution in [-0.4, -0.2) is 13.2 Å². The minimum atomic E-state index is 0.537. The third-order valence-corrected chi connectivity index (χ3v) is 8.32. The molecule has 0 heterocycles. The zero-order chi connectivity index (χ0) is 21.4. The molecule has 3 nitrogen and oxygen atoms in total. The molecule has 166 valence electrons. The largest absolute Gasteiger partial charge is 0.493 e. The van der Waals surface area contributed by atoms with E-state index < -0.39 is 0 Å². The van der Waals surface area contributed by atoms with Gasteiger partial charge in [0.1, 0.15) is 6.61 Å². The maximum absolute atomic E-state index is 6.07. The molecule has 4 fully saturated rings. The Hall–Kier alpha value is -2.00. The van der Waals surface area contributed by atoms with Gasteiger partial charge in [-0.2, -0.15) is 0 Å². The molecular weight excluding hydrogens is 382 g/mol. The fourth-order valence-electron chi connectivity index (χ4n) is 7.10. The standard InChI is InChI=1S/C28H37NO2/c1-19-5-4-6-22(9-19)18-31-26-8-7-21(13-27(26)30-3)17-29-20(2)28-14-23-10-24(15-28)12-25(11-23)16-28/h4-9,13,20,23-25,29H,10-12,14-18H2,1-3H3/t20-,23?,24?,25?,28?/m0/s1. The summed E-state index contributed by atoms with van der Waals surface area (Å²) in [7, 11) is 1.73. The molecule has 0 saturated heterocycles. The Kier molecular flexibility index (Phi) is 5.73. The summed E-state index contributed by atoms with van der Waals surface area (Å²) >= 11 is 0. The van der Waals surface area contributed by atoms with Crippen LogP contribution in [0.1, 0.15) is 62.1 Å². The summed E-state index contributed by atoms with van der Waals surface area (Å²) in [6.07, 6.45) is 8.86. The van der Waals surface area contributed by atoms with Gasteiger partial charge >= 0.3 is 0 Å². The summed E-state index contributed by atoms with van der Waals surface area (Å²) in [5.74, 6) is 4.62. The lowest BCUT2D eigenvalue weighted by atomic mass is 9.48. The summed E-state index contributed by atoms with van der Waals surface area (Å²) in [4.78, 5) is 0. The van der Waals surface area contributed by atoms with E-state index in [9.17, 15) is 0 Å². The summed E-state index contributed by atoms with van der Waals surface area (Å²) < 4.78 is 11.7. The molecule has 0 unspecified atom stereocenters. The Balaban J connectivity index is 1.21. The van der Waals surface area contributed by atoms with Crippen LogP contribution in [0.5, 0.6) is 11.5 Å². The van der Waals surface area contributed by atoms with Crippen LogP contribution in [0.25, 0.3) is 0 Å². The quantitative estimate of drug-likeness (QED) is 0.546. The third-order valence-electron chi connectivity index (χ3n) is 8.32. The molecule has 3 heteroatoms. The fraction of sp³-hybridized carbons (Fsp3) is 0.571. The van der Waals surface area contributed by atoms with Gasteiger partial charge in [-0.15, -0.1) is 0 Å². The second kappa shape index (κ2) is 8.50. The van der Waals surface area contributed by atoms with Crippen molar-refractivity contribution < 1.29 is 9.47 Å². The first-order chi connectivity index (χ1) is 15.0. The van der Waals surface area contributed by atoms with Crippen molar-refractivity contribution in [2.75, 3.05) is 7.11 Å². The van der Waals surface area contributed by atoms with Crippen molar-refractivity contribution in [3.8, 4) is 11.5 Å². The minimum absolute atomic E-state index is 0.537. The van der Waals surface area contributed by atoms with Gasteiger partial charge in [0.25, 0.3) is 0 Å². The van der Waals surface area contributed by atoms with E-state index in [1.54, 1.807) is 7.11 Å². The van der Waals surface area contributed by atoms with E-state index in [2.05, 4.69) is 61.6 Å². The SMILES string of the molecule is COc1cc(CN[C@@H](C)C23CC4CC(CC(C4)C2)C3)ccc1OCc1cccc(C)c1. The first-order valence-electron chi connectivity index (χ1n) is 12.1. The molecule has 0 aliphatic heterocycles. The van der Waals surface area contributed by atoms with Gasteiger partial charge in [0.2, 0.25) is 0 Å². The normalized spacial score (nSPS) is 29.7. The van der Waals surface area contributed by atoms with E-state index >= 15 is 0 Å². The van der Waals surface area contributed by atoms with Crippen LogP contribution in [-0.2, 0) is 13.2 Å². The number of ether oxygens (including phenoxy) is 2. The molecule has 1 N–H and O–H groups in total. The van der Waals surface area contributed by atoms with Crippen LogP contribution in [0.2, 0.25) is 0 Å². The van der Waals surface area contributed by atoms with E-state index in [0.29, 0.717) is 18.1 Å². The molecule has 0 radical (unpaired) electrons. The minimum Gasteiger partial charge on any atom is -0.493 e. The number of nitrogens with one attached hydrogen (secondary N) is 1. The van der Waals surface area contributed by atoms with E-state index in [4.69, 9.17) is 9.47 Å². The van der Waals surface area contributed by atoms with Crippen LogP contribution in [0.15, 0.2) is 42.5 Å². The molecule has 4 aliphatic rings. The number of hydrogen-bond donors (Lipinski definition) is 1. The number of methoxy groups -OCH3 is 1. The van der Waals surface area contributed by atoms with E-state index in [1.165, 1.54) is 55.2 Å². The smallest absolute Gasteiger partial charge is 0.161 e. The van der Waals surface area contributed by atoms with Crippen LogP contribution in [0, 0.1) is 30.1 Å². The van der Waals surface area contributed by atoms with Crippen LogP contribution >= 0.6 is 0 Å². The number of benzene rings is 2. The Morgan fingerprint density at radius 3 is 2.29 bits per heavy atom. The predicted molar refractivity (Wildman–Crippen MR) is 125 cm³/mol. The molecule has 2 aromatic carbocycles. The summed E-state index contributed by atoms with van der Waals surface area (Å²) in [6, 6.07) is 15.4. The maximum Gasteiger partial charge on any atom is 0.161 e.